The topological polar surface area (TPSA) is 157 Å². The number of anilines is 2. The first kappa shape index (κ1) is 51.8. The van der Waals surface area contributed by atoms with Crippen molar-refractivity contribution in [3.63, 3.8) is 0 Å². The zero-order valence-corrected chi connectivity index (χ0v) is 41.4. The third-order valence-electron chi connectivity index (χ3n) is 9.22. The number of benzene rings is 4. The molecule has 0 amide bonds. The van der Waals surface area contributed by atoms with Crippen LogP contribution in [0.15, 0.2) is 97.1 Å². The van der Waals surface area contributed by atoms with Crippen LogP contribution < -0.4 is 10.2 Å². The van der Waals surface area contributed by atoms with Crippen molar-refractivity contribution in [2.75, 3.05) is 36.5 Å². The van der Waals surface area contributed by atoms with E-state index >= 15 is 0 Å². The molecule has 0 aliphatic rings. The zero-order valence-electron chi connectivity index (χ0n) is 36.7. The molecular weight excluding hydrogens is 966 g/mol. The van der Waals surface area contributed by atoms with Crippen molar-refractivity contribution < 1.29 is 38.5 Å². The number of hydrogen-bond donors (Lipinski definition) is 2. The summed E-state index contributed by atoms with van der Waals surface area (Å²) in [7, 11) is 0. The number of carbonyl (C=O) groups is 4. The second kappa shape index (κ2) is 24.5. The van der Waals surface area contributed by atoms with E-state index in [0.29, 0.717) is 82.1 Å². The molecule has 2 N–H and O–H groups in total. The highest BCUT2D eigenvalue weighted by molar-refractivity contribution is 7.18. The molecule has 2 aromatic heterocycles. The summed E-state index contributed by atoms with van der Waals surface area (Å²) in [4.78, 5) is 61.3. The summed E-state index contributed by atoms with van der Waals surface area (Å²) >= 11 is 26.8. The number of aromatic nitrogens is 2. The largest absolute Gasteiger partial charge is 0.481 e. The quantitative estimate of drug-likeness (QED) is 0.0621. The molecule has 12 nitrogen and oxygen atoms in total. The maximum atomic E-state index is 12.8. The molecule has 0 saturated carbocycles. The van der Waals surface area contributed by atoms with Gasteiger partial charge in [0.2, 0.25) is 0 Å². The number of nitrogens with zero attached hydrogens (tertiary/aromatic N) is 3. The van der Waals surface area contributed by atoms with Gasteiger partial charge < -0.3 is 29.5 Å². The van der Waals surface area contributed by atoms with Crippen molar-refractivity contribution in [2.45, 2.75) is 59.6 Å². The van der Waals surface area contributed by atoms with Crippen molar-refractivity contribution in [3.8, 4) is 22.5 Å². The van der Waals surface area contributed by atoms with Crippen LogP contribution in [0.25, 0.3) is 22.5 Å². The molecule has 4 aromatic carbocycles. The smallest absolute Gasteiger partial charge is 0.350 e. The van der Waals surface area contributed by atoms with E-state index in [-0.39, 0.29) is 32.1 Å². The SMILES string of the molecule is CCOC(=O)c1sc(N(CCC(=O)OC(C)(C)C)Cc2ccccc2)nc1-c1ccc(Cl)c(Cl)c1.CCOC(=O)c1sc(NCC(Cc2ccccc2)C(=O)O)nc1-c1ccc(Cl)c(Cl)c1. The lowest BCUT2D eigenvalue weighted by Gasteiger charge is -2.24. The minimum Gasteiger partial charge on any atom is -0.481 e. The van der Waals surface area contributed by atoms with E-state index in [9.17, 15) is 24.3 Å². The number of rotatable bonds is 18. The van der Waals surface area contributed by atoms with Gasteiger partial charge in [0, 0.05) is 30.8 Å². The number of nitrogens with one attached hydrogen (secondary N) is 1. The fourth-order valence-electron chi connectivity index (χ4n) is 6.21. The fraction of sp³-hybridized carbons (Fsp3) is 0.292. The molecule has 348 valence electrons. The van der Waals surface area contributed by atoms with Gasteiger partial charge in [-0.15, -0.1) is 0 Å². The average molecular weight is 1010 g/mol. The van der Waals surface area contributed by atoms with E-state index in [1.54, 1.807) is 50.2 Å². The Morgan fingerprint density at radius 3 is 1.73 bits per heavy atom. The van der Waals surface area contributed by atoms with E-state index in [1.165, 1.54) is 11.3 Å². The fourth-order valence-corrected chi connectivity index (χ4v) is 8.70. The summed E-state index contributed by atoms with van der Waals surface area (Å²) in [5.74, 6) is -2.85. The van der Waals surface area contributed by atoms with Crippen LogP contribution in [0.3, 0.4) is 0 Å². The Morgan fingerprint density at radius 1 is 0.712 bits per heavy atom. The summed E-state index contributed by atoms with van der Waals surface area (Å²) in [5.41, 5.74) is 3.52. The predicted octanol–water partition coefficient (Wildman–Crippen LogP) is 12.7. The predicted molar refractivity (Wildman–Crippen MR) is 265 cm³/mol. The number of hydrogen-bond acceptors (Lipinski definition) is 13. The van der Waals surface area contributed by atoms with Gasteiger partial charge in [-0.2, -0.15) is 0 Å². The second-order valence-corrected chi connectivity index (χ2v) is 19.0. The lowest BCUT2D eigenvalue weighted by Crippen LogP contribution is -2.29. The lowest BCUT2D eigenvalue weighted by atomic mass is 9.99. The molecule has 0 aliphatic heterocycles. The van der Waals surface area contributed by atoms with E-state index in [0.717, 1.165) is 22.5 Å². The molecule has 0 saturated heterocycles. The van der Waals surface area contributed by atoms with Gasteiger partial charge in [-0.05, 0) is 76.4 Å². The molecule has 0 radical (unpaired) electrons. The molecule has 2 heterocycles. The number of halogens is 4. The molecular formula is C48H48Cl4N4O8S2. The van der Waals surface area contributed by atoms with Gasteiger partial charge in [0.1, 0.15) is 15.4 Å². The van der Waals surface area contributed by atoms with Crippen molar-refractivity contribution in [1.82, 2.24) is 9.97 Å². The minimum absolute atomic E-state index is 0.154. The summed E-state index contributed by atoms with van der Waals surface area (Å²) in [6.07, 6.45) is 0.541. The summed E-state index contributed by atoms with van der Waals surface area (Å²) in [6, 6.07) is 29.3. The molecule has 1 atom stereocenters. The molecule has 0 spiro atoms. The Hall–Kier alpha value is -5.22. The summed E-state index contributed by atoms with van der Waals surface area (Å²) in [5, 5.41) is 15.2. The van der Waals surface area contributed by atoms with E-state index in [4.69, 9.17) is 65.6 Å². The number of carboxylic acids is 1. The van der Waals surface area contributed by atoms with Gasteiger partial charge in [-0.3, -0.25) is 9.59 Å². The molecule has 66 heavy (non-hydrogen) atoms. The van der Waals surface area contributed by atoms with Crippen molar-refractivity contribution in [2.24, 2.45) is 5.92 Å². The first-order valence-corrected chi connectivity index (χ1v) is 23.9. The van der Waals surface area contributed by atoms with Gasteiger partial charge in [-0.25, -0.2) is 19.6 Å². The molecule has 18 heteroatoms. The van der Waals surface area contributed by atoms with E-state index < -0.39 is 29.4 Å². The first-order valence-electron chi connectivity index (χ1n) is 20.7. The zero-order chi connectivity index (χ0) is 48.0. The average Bonchev–Trinajstić information content (AvgIpc) is 3.92. The van der Waals surface area contributed by atoms with Gasteiger partial charge >= 0.3 is 23.9 Å². The third-order valence-corrected chi connectivity index (χ3v) is 12.8. The van der Waals surface area contributed by atoms with Crippen molar-refractivity contribution in [3.05, 3.63) is 138 Å². The van der Waals surface area contributed by atoms with E-state index in [1.807, 2.05) is 86.3 Å². The molecule has 1 unspecified atom stereocenters. The number of aliphatic carboxylic acids is 1. The Morgan fingerprint density at radius 2 is 1.23 bits per heavy atom. The Kier molecular flexibility index (Phi) is 19.2. The van der Waals surface area contributed by atoms with Crippen LogP contribution in [0.4, 0.5) is 10.3 Å². The first-order chi connectivity index (χ1) is 31.5. The van der Waals surface area contributed by atoms with Crippen LogP contribution in [0.5, 0.6) is 0 Å². The molecule has 6 aromatic rings. The van der Waals surface area contributed by atoms with Gasteiger partial charge in [0.15, 0.2) is 10.3 Å². The van der Waals surface area contributed by atoms with Gasteiger partial charge in [0.25, 0.3) is 0 Å². The lowest BCUT2D eigenvalue weighted by molar-refractivity contribution is -0.154. The van der Waals surface area contributed by atoms with Crippen LogP contribution >= 0.6 is 69.1 Å². The van der Waals surface area contributed by atoms with E-state index in [2.05, 4.69) is 10.3 Å². The summed E-state index contributed by atoms with van der Waals surface area (Å²) in [6.45, 7) is 10.5. The highest BCUT2D eigenvalue weighted by Gasteiger charge is 2.26. The monoisotopic (exact) mass is 1010 g/mol. The highest BCUT2D eigenvalue weighted by atomic mass is 35.5. The third kappa shape index (κ3) is 15.2. The Balaban J connectivity index is 0.000000249. The number of esters is 3. The normalized spacial score (nSPS) is 11.5. The Bertz CT molecular complexity index is 2600. The maximum absolute atomic E-state index is 12.8. The highest BCUT2D eigenvalue weighted by Crippen LogP contribution is 2.38. The van der Waals surface area contributed by atoms with Crippen LogP contribution in [0.2, 0.25) is 20.1 Å². The molecule has 0 bridgehead atoms. The molecule has 6 rings (SSSR count). The number of ether oxygens (including phenoxy) is 3. The van der Waals surface area contributed by atoms with Gasteiger partial charge in [0.05, 0.1) is 57.0 Å². The van der Waals surface area contributed by atoms with Crippen molar-refractivity contribution >= 4 is 103 Å². The second-order valence-electron chi connectivity index (χ2n) is 15.4. The van der Waals surface area contributed by atoms with Crippen LogP contribution in [-0.4, -0.2) is 70.9 Å². The van der Waals surface area contributed by atoms with Crippen molar-refractivity contribution in [1.29, 1.82) is 0 Å². The Labute approximate surface area is 411 Å². The van der Waals surface area contributed by atoms with Crippen LogP contribution in [0.1, 0.15) is 71.5 Å². The minimum atomic E-state index is -0.914. The number of carbonyl (C=O) groups excluding carboxylic acids is 3. The van der Waals surface area contributed by atoms with Gasteiger partial charge in [-0.1, -0.05) is 142 Å². The number of carboxylic acid groups (broad SMARTS) is 1. The maximum Gasteiger partial charge on any atom is 0.350 e. The van der Waals surface area contributed by atoms with Crippen LogP contribution in [0, 0.1) is 5.92 Å². The number of thiazole rings is 2. The molecule has 0 fully saturated rings. The summed E-state index contributed by atoms with van der Waals surface area (Å²) < 4.78 is 15.9. The molecule has 0 aliphatic carbocycles. The standard InChI is InChI=1S/C26H28Cl2N2O4S.C22H20Cl2N2O4S/c1-5-33-24(32)23-22(18-11-12-19(27)20(28)15-18)29-25(35-23)30(16-17-9-7-6-8-10-17)14-13-21(31)34-26(2,3)4;1-2-30-21(29)19-18(14-8-9-16(23)17(24)11-14)26-22(31-19)25-12-15(20(27)28)10-13-6-4-3-5-7-13/h6-12,15H,5,13-14,16H2,1-4H3;3-9,11,15H,2,10,12H2,1H3,(H,25,26)(H,27,28). The van der Waals surface area contributed by atoms with Crippen LogP contribution in [-0.2, 0) is 36.8 Å².